The van der Waals surface area contributed by atoms with Gasteiger partial charge in [-0.1, -0.05) is 0 Å². The monoisotopic (exact) mass is 206 g/mol. The zero-order valence-electron chi connectivity index (χ0n) is 8.27. The number of rotatable bonds is 3. The normalized spacial score (nSPS) is 12.4. The van der Waals surface area contributed by atoms with Gasteiger partial charge in [-0.15, -0.1) is 0 Å². The Morgan fingerprint density at radius 3 is 2.87 bits per heavy atom. The molecule has 0 aliphatic carbocycles. The summed E-state index contributed by atoms with van der Waals surface area (Å²) in [4.78, 5) is 3.55. The maximum Gasteiger partial charge on any atom is 0.212 e. The average molecular weight is 206 g/mol. The van der Waals surface area contributed by atoms with Crippen LogP contribution in [0.5, 0.6) is 0 Å². The molecule has 0 aliphatic heterocycles. The highest BCUT2D eigenvalue weighted by molar-refractivity contribution is 5.41. The van der Waals surface area contributed by atoms with Crippen LogP contribution < -0.4 is 5.32 Å². The standard InChI is InChI=1S/C11H11FN2O/c1-8(10-3-2-6-15-10)14-9-4-5-11(12)13-7-9/h2-8,14H,1H3. The Morgan fingerprint density at radius 1 is 1.40 bits per heavy atom. The van der Waals surface area contributed by atoms with Gasteiger partial charge in [-0.05, 0) is 31.2 Å². The highest BCUT2D eigenvalue weighted by atomic mass is 19.1. The first-order valence-corrected chi connectivity index (χ1v) is 4.67. The minimum absolute atomic E-state index is 0.0345. The van der Waals surface area contributed by atoms with Crippen molar-refractivity contribution in [2.75, 3.05) is 5.32 Å². The summed E-state index contributed by atoms with van der Waals surface area (Å²) in [7, 11) is 0. The molecule has 2 rings (SSSR count). The summed E-state index contributed by atoms with van der Waals surface area (Å²) in [6, 6.07) is 6.71. The summed E-state index contributed by atoms with van der Waals surface area (Å²) in [5, 5.41) is 3.15. The van der Waals surface area contributed by atoms with Crippen LogP contribution in [0.25, 0.3) is 0 Å². The molecule has 0 fully saturated rings. The Morgan fingerprint density at radius 2 is 2.27 bits per heavy atom. The lowest BCUT2D eigenvalue weighted by atomic mass is 10.2. The quantitative estimate of drug-likeness (QED) is 0.784. The first-order chi connectivity index (χ1) is 7.25. The molecule has 1 N–H and O–H groups in total. The number of nitrogens with one attached hydrogen (secondary N) is 1. The predicted octanol–water partition coefficient (Wildman–Crippen LogP) is 2.99. The summed E-state index contributed by atoms with van der Waals surface area (Å²) < 4.78 is 17.8. The maximum absolute atomic E-state index is 12.5. The van der Waals surface area contributed by atoms with E-state index in [0.29, 0.717) is 0 Å². The van der Waals surface area contributed by atoms with Crippen molar-refractivity contribution in [1.29, 1.82) is 0 Å². The van der Waals surface area contributed by atoms with Crippen LogP contribution in [0.4, 0.5) is 10.1 Å². The Kier molecular flexibility index (Phi) is 2.67. The van der Waals surface area contributed by atoms with E-state index in [1.165, 1.54) is 12.3 Å². The van der Waals surface area contributed by atoms with E-state index in [1.807, 2.05) is 19.1 Å². The third-order valence-electron chi connectivity index (χ3n) is 2.08. The van der Waals surface area contributed by atoms with Gasteiger partial charge in [0.15, 0.2) is 0 Å². The molecule has 0 spiro atoms. The summed E-state index contributed by atoms with van der Waals surface area (Å²) in [6.45, 7) is 1.96. The van der Waals surface area contributed by atoms with Crippen LogP contribution in [0.2, 0.25) is 0 Å². The minimum Gasteiger partial charge on any atom is -0.467 e. The molecule has 0 aliphatic rings. The maximum atomic E-state index is 12.5. The molecule has 0 aromatic carbocycles. The summed E-state index contributed by atoms with van der Waals surface area (Å²) >= 11 is 0. The molecule has 0 saturated carbocycles. The molecule has 78 valence electrons. The first kappa shape index (κ1) is 9.71. The Hall–Kier alpha value is -1.84. The first-order valence-electron chi connectivity index (χ1n) is 4.67. The van der Waals surface area contributed by atoms with E-state index in [4.69, 9.17) is 4.42 Å². The second-order valence-electron chi connectivity index (χ2n) is 3.25. The number of hydrogen-bond acceptors (Lipinski definition) is 3. The minimum atomic E-state index is -0.480. The SMILES string of the molecule is CC(Nc1ccc(F)nc1)c1ccco1. The van der Waals surface area contributed by atoms with Gasteiger partial charge in [0.1, 0.15) is 5.76 Å². The second kappa shape index (κ2) is 4.13. The summed E-state index contributed by atoms with van der Waals surface area (Å²) in [6.07, 6.45) is 3.07. The number of hydrogen-bond donors (Lipinski definition) is 1. The van der Waals surface area contributed by atoms with Crippen LogP contribution in [0.15, 0.2) is 41.1 Å². The van der Waals surface area contributed by atoms with Crippen molar-refractivity contribution in [1.82, 2.24) is 4.98 Å². The van der Waals surface area contributed by atoms with Crippen molar-refractivity contribution in [2.45, 2.75) is 13.0 Å². The Balaban J connectivity index is 2.06. The summed E-state index contributed by atoms with van der Waals surface area (Å²) in [5.41, 5.74) is 0.764. The van der Waals surface area contributed by atoms with Gasteiger partial charge < -0.3 is 9.73 Å². The van der Waals surface area contributed by atoms with Crippen LogP contribution >= 0.6 is 0 Å². The van der Waals surface area contributed by atoms with Crippen molar-refractivity contribution < 1.29 is 8.81 Å². The van der Waals surface area contributed by atoms with E-state index < -0.39 is 5.95 Å². The third-order valence-corrected chi connectivity index (χ3v) is 2.08. The van der Waals surface area contributed by atoms with Gasteiger partial charge in [-0.25, -0.2) is 4.98 Å². The fourth-order valence-electron chi connectivity index (χ4n) is 1.32. The molecular weight excluding hydrogens is 195 g/mol. The molecule has 2 aromatic rings. The number of halogens is 1. The molecule has 0 bridgehead atoms. The molecule has 1 atom stereocenters. The lowest BCUT2D eigenvalue weighted by Crippen LogP contribution is -2.05. The van der Waals surface area contributed by atoms with Gasteiger partial charge >= 0.3 is 0 Å². The van der Waals surface area contributed by atoms with Gasteiger partial charge in [-0.2, -0.15) is 4.39 Å². The molecule has 1 unspecified atom stereocenters. The van der Waals surface area contributed by atoms with E-state index >= 15 is 0 Å². The number of pyridine rings is 1. The lowest BCUT2D eigenvalue weighted by Gasteiger charge is -2.11. The molecule has 2 heterocycles. The summed E-state index contributed by atoms with van der Waals surface area (Å²) in [5.74, 6) is 0.352. The van der Waals surface area contributed by atoms with Gasteiger partial charge in [-0.3, -0.25) is 0 Å². The van der Waals surface area contributed by atoms with Crippen molar-refractivity contribution in [3.05, 3.63) is 48.4 Å². The van der Waals surface area contributed by atoms with Crippen molar-refractivity contribution in [3.63, 3.8) is 0 Å². The Labute approximate surface area is 86.9 Å². The fraction of sp³-hybridized carbons (Fsp3) is 0.182. The third kappa shape index (κ3) is 2.34. The molecule has 3 nitrogen and oxygen atoms in total. The van der Waals surface area contributed by atoms with Gasteiger partial charge in [0.05, 0.1) is 24.2 Å². The zero-order chi connectivity index (χ0) is 10.7. The molecular formula is C11H11FN2O. The number of aromatic nitrogens is 1. The molecule has 0 radical (unpaired) electrons. The van der Waals surface area contributed by atoms with Crippen molar-refractivity contribution in [2.24, 2.45) is 0 Å². The number of furan rings is 1. The molecule has 0 saturated heterocycles. The van der Waals surface area contributed by atoms with E-state index in [0.717, 1.165) is 11.4 Å². The molecule has 15 heavy (non-hydrogen) atoms. The van der Waals surface area contributed by atoms with E-state index in [2.05, 4.69) is 10.3 Å². The molecule has 4 heteroatoms. The number of anilines is 1. The topological polar surface area (TPSA) is 38.1 Å². The van der Waals surface area contributed by atoms with E-state index in [9.17, 15) is 4.39 Å². The van der Waals surface area contributed by atoms with Crippen molar-refractivity contribution in [3.8, 4) is 0 Å². The highest BCUT2D eigenvalue weighted by Gasteiger charge is 2.07. The molecule has 0 amide bonds. The lowest BCUT2D eigenvalue weighted by molar-refractivity contribution is 0.490. The van der Waals surface area contributed by atoms with Crippen molar-refractivity contribution >= 4 is 5.69 Å². The van der Waals surface area contributed by atoms with E-state index in [-0.39, 0.29) is 6.04 Å². The van der Waals surface area contributed by atoms with Gasteiger partial charge in [0, 0.05) is 0 Å². The smallest absolute Gasteiger partial charge is 0.212 e. The van der Waals surface area contributed by atoms with Crippen LogP contribution in [-0.2, 0) is 0 Å². The average Bonchev–Trinajstić information content (AvgIpc) is 2.74. The van der Waals surface area contributed by atoms with Gasteiger partial charge in [0.25, 0.3) is 0 Å². The largest absolute Gasteiger partial charge is 0.467 e. The highest BCUT2D eigenvalue weighted by Crippen LogP contribution is 2.18. The van der Waals surface area contributed by atoms with Gasteiger partial charge in [0.2, 0.25) is 5.95 Å². The predicted molar refractivity (Wildman–Crippen MR) is 54.9 cm³/mol. The number of nitrogens with zero attached hydrogens (tertiary/aromatic N) is 1. The van der Waals surface area contributed by atoms with Crippen LogP contribution in [0.1, 0.15) is 18.7 Å². The fourth-order valence-corrected chi connectivity index (χ4v) is 1.32. The molecule has 2 aromatic heterocycles. The Bertz CT molecular complexity index is 411. The van der Waals surface area contributed by atoms with Crippen LogP contribution in [-0.4, -0.2) is 4.98 Å². The van der Waals surface area contributed by atoms with E-state index in [1.54, 1.807) is 12.3 Å². The zero-order valence-corrected chi connectivity index (χ0v) is 8.27. The van der Waals surface area contributed by atoms with Crippen LogP contribution in [0.3, 0.4) is 0 Å². The van der Waals surface area contributed by atoms with Crippen LogP contribution in [0, 0.1) is 5.95 Å². The second-order valence-corrected chi connectivity index (χ2v) is 3.25.